The maximum atomic E-state index is 12.9. The van der Waals surface area contributed by atoms with Crippen molar-refractivity contribution in [3.05, 3.63) is 81.5 Å². The van der Waals surface area contributed by atoms with E-state index < -0.39 is 10.0 Å². The summed E-state index contributed by atoms with van der Waals surface area (Å²) in [4.78, 5) is 15.5. The molecule has 3 aromatic rings. The van der Waals surface area contributed by atoms with Crippen LogP contribution < -0.4 is 4.74 Å². The van der Waals surface area contributed by atoms with Crippen molar-refractivity contribution in [2.75, 3.05) is 26.2 Å². The van der Waals surface area contributed by atoms with E-state index in [4.69, 9.17) is 16.3 Å². The summed E-state index contributed by atoms with van der Waals surface area (Å²) in [7, 11) is -3.54. The summed E-state index contributed by atoms with van der Waals surface area (Å²) in [6.45, 7) is 1.61. The van der Waals surface area contributed by atoms with E-state index in [0.29, 0.717) is 35.3 Å². The lowest BCUT2D eigenvalue weighted by molar-refractivity contribution is 0.0702. The van der Waals surface area contributed by atoms with Gasteiger partial charge in [0.25, 0.3) is 5.91 Å². The highest BCUT2D eigenvalue weighted by molar-refractivity contribution is 7.89. The van der Waals surface area contributed by atoms with Crippen LogP contribution in [0.3, 0.4) is 0 Å². The summed E-state index contributed by atoms with van der Waals surface area (Å²) in [5, 5.41) is 2.50. The Labute approximate surface area is 190 Å². The SMILES string of the molecule is O=C(c1cc(COc2cccc(Cl)c2)cs1)N1CCN(S(=O)(=O)c2ccccc2)CC1. The summed E-state index contributed by atoms with van der Waals surface area (Å²) >= 11 is 7.33. The molecule has 0 spiro atoms. The minimum absolute atomic E-state index is 0.0873. The van der Waals surface area contributed by atoms with E-state index in [0.717, 1.165) is 5.56 Å². The van der Waals surface area contributed by atoms with E-state index in [1.807, 2.05) is 23.6 Å². The lowest BCUT2D eigenvalue weighted by atomic mass is 10.3. The fourth-order valence-corrected chi connectivity index (χ4v) is 5.80. The van der Waals surface area contributed by atoms with Crippen LogP contribution in [-0.2, 0) is 16.6 Å². The Morgan fingerprint density at radius 1 is 1.00 bits per heavy atom. The van der Waals surface area contributed by atoms with E-state index in [-0.39, 0.29) is 23.9 Å². The molecule has 0 atom stereocenters. The molecule has 2 heterocycles. The smallest absolute Gasteiger partial charge is 0.264 e. The molecule has 9 heteroatoms. The number of carbonyl (C=O) groups excluding carboxylic acids is 1. The Kier molecular flexibility index (Phi) is 6.62. The molecule has 1 amide bonds. The van der Waals surface area contributed by atoms with Crippen molar-refractivity contribution >= 4 is 38.9 Å². The number of halogens is 1. The molecule has 0 saturated carbocycles. The van der Waals surface area contributed by atoms with Gasteiger partial charge < -0.3 is 9.64 Å². The van der Waals surface area contributed by atoms with Gasteiger partial charge in [-0.15, -0.1) is 11.3 Å². The quantitative estimate of drug-likeness (QED) is 0.536. The molecule has 1 saturated heterocycles. The Bertz CT molecular complexity index is 1160. The molecule has 4 rings (SSSR count). The molecule has 31 heavy (non-hydrogen) atoms. The molecule has 0 aliphatic carbocycles. The molecule has 1 aliphatic rings. The largest absolute Gasteiger partial charge is 0.489 e. The van der Waals surface area contributed by atoms with Crippen LogP contribution in [0.15, 0.2) is 70.9 Å². The monoisotopic (exact) mass is 476 g/mol. The second-order valence-corrected chi connectivity index (χ2v) is 10.4. The minimum atomic E-state index is -3.54. The summed E-state index contributed by atoms with van der Waals surface area (Å²) < 4.78 is 32.7. The van der Waals surface area contributed by atoms with Gasteiger partial charge in [0, 0.05) is 36.8 Å². The summed E-state index contributed by atoms with van der Waals surface area (Å²) in [5.41, 5.74) is 0.901. The molecule has 0 radical (unpaired) electrons. The van der Waals surface area contributed by atoms with Crippen LogP contribution in [0.25, 0.3) is 0 Å². The van der Waals surface area contributed by atoms with Crippen molar-refractivity contribution < 1.29 is 17.9 Å². The number of hydrogen-bond donors (Lipinski definition) is 0. The van der Waals surface area contributed by atoms with Crippen molar-refractivity contribution in [3.63, 3.8) is 0 Å². The molecule has 1 aromatic heterocycles. The number of rotatable bonds is 6. The number of piperazine rings is 1. The van der Waals surface area contributed by atoms with E-state index in [2.05, 4.69) is 0 Å². The van der Waals surface area contributed by atoms with Crippen LogP contribution >= 0.6 is 22.9 Å². The van der Waals surface area contributed by atoms with E-state index in [1.54, 1.807) is 47.4 Å². The van der Waals surface area contributed by atoms with Crippen molar-refractivity contribution in [1.82, 2.24) is 9.21 Å². The third kappa shape index (κ3) is 5.10. The Morgan fingerprint density at radius 2 is 1.74 bits per heavy atom. The predicted octanol–water partition coefficient (Wildman–Crippen LogP) is 4.13. The highest BCUT2D eigenvalue weighted by atomic mass is 35.5. The first-order valence-corrected chi connectivity index (χ1v) is 12.4. The molecule has 2 aromatic carbocycles. The van der Waals surface area contributed by atoms with Crippen molar-refractivity contribution in [3.8, 4) is 5.75 Å². The summed E-state index contributed by atoms with van der Waals surface area (Å²) in [6, 6.07) is 17.4. The van der Waals surface area contributed by atoms with Crippen LogP contribution in [0.5, 0.6) is 5.75 Å². The fourth-order valence-electron chi connectivity index (χ4n) is 3.32. The van der Waals surface area contributed by atoms with Gasteiger partial charge in [0.15, 0.2) is 0 Å². The topological polar surface area (TPSA) is 66.9 Å². The number of benzene rings is 2. The van der Waals surface area contributed by atoms with Crippen molar-refractivity contribution in [2.45, 2.75) is 11.5 Å². The van der Waals surface area contributed by atoms with Crippen molar-refractivity contribution in [2.24, 2.45) is 0 Å². The van der Waals surface area contributed by atoms with Crippen LogP contribution in [0.4, 0.5) is 0 Å². The zero-order valence-corrected chi connectivity index (χ0v) is 19.0. The standard InChI is InChI=1S/C22H21ClN2O4S2/c23-18-5-4-6-19(14-18)29-15-17-13-21(30-16-17)22(26)24-9-11-25(12-10-24)31(27,28)20-7-2-1-3-8-20/h1-8,13-14,16H,9-12,15H2. The van der Waals surface area contributed by atoms with Crippen LogP contribution in [0.1, 0.15) is 15.2 Å². The van der Waals surface area contributed by atoms with E-state index >= 15 is 0 Å². The van der Waals surface area contributed by atoms with Gasteiger partial charge in [-0.2, -0.15) is 4.31 Å². The second kappa shape index (κ2) is 9.40. The number of hydrogen-bond acceptors (Lipinski definition) is 5. The number of nitrogens with zero attached hydrogens (tertiary/aromatic N) is 2. The fraction of sp³-hybridized carbons (Fsp3) is 0.227. The molecule has 0 unspecified atom stereocenters. The molecule has 1 fully saturated rings. The number of ether oxygens (including phenoxy) is 1. The maximum absolute atomic E-state index is 12.9. The van der Waals surface area contributed by atoms with Crippen LogP contribution in [0.2, 0.25) is 5.02 Å². The van der Waals surface area contributed by atoms with Gasteiger partial charge in [0.2, 0.25) is 10.0 Å². The highest BCUT2D eigenvalue weighted by Gasteiger charge is 2.30. The van der Waals surface area contributed by atoms with Crippen LogP contribution in [0, 0.1) is 0 Å². The number of carbonyl (C=O) groups is 1. The Morgan fingerprint density at radius 3 is 2.45 bits per heavy atom. The zero-order valence-electron chi connectivity index (χ0n) is 16.6. The lowest BCUT2D eigenvalue weighted by Crippen LogP contribution is -2.50. The second-order valence-electron chi connectivity index (χ2n) is 7.07. The molecule has 6 nitrogen and oxygen atoms in total. The number of thiophene rings is 1. The molecule has 1 aliphatic heterocycles. The third-order valence-electron chi connectivity index (χ3n) is 4.97. The van der Waals surface area contributed by atoms with Gasteiger partial charge in [-0.05, 0) is 41.8 Å². The Balaban J connectivity index is 1.34. The number of amides is 1. The molecule has 0 bridgehead atoms. The zero-order chi connectivity index (χ0) is 21.8. The predicted molar refractivity (Wildman–Crippen MR) is 121 cm³/mol. The van der Waals surface area contributed by atoms with Gasteiger partial charge >= 0.3 is 0 Å². The maximum Gasteiger partial charge on any atom is 0.264 e. The number of sulfonamides is 1. The van der Waals surface area contributed by atoms with Gasteiger partial charge in [-0.25, -0.2) is 8.42 Å². The normalized spacial score (nSPS) is 15.1. The Hall–Kier alpha value is -2.39. The first-order valence-electron chi connectivity index (χ1n) is 9.74. The van der Waals surface area contributed by atoms with Gasteiger partial charge in [-0.3, -0.25) is 4.79 Å². The van der Waals surface area contributed by atoms with E-state index in [9.17, 15) is 13.2 Å². The lowest BCUT2D eigenvalue weighted by Gasteiger charge is -2.33. The first kappa shape index (κ1) is 21.8. The highest BCUT2D eigenvalue weighted by Crippen LogP contribution is 2.23. The van der Waals surface area contributed by atoms with E-state index in [1.165, 1.54) is 15.6 Å². The molecule has 0 N–H and O–H groups in total. The van der Waals surface area contributed by atoms with Gasteiger partial charge in [0.05, 0.1) is 9.77 Å². The average molecular weight is 477 g/mol. The minimum Gasteiger partial charge on any atom is -0.489 e. The van der Waals surface area contributed by atoms with Gasteiger partial charge in [0.1, 0.15) is 12.4 Å². The first-order chi connectivity index (χ1) is 14.9. The average Bonchev–Trinajstić information content (AvgIpc) is 3.27. The van der Waals surface area contributed by atoms with Crippen molar-refractivity contribution in [1.29, 1.82) is 0 Å². The summed E-state index contributed by atoms with van der Waals surface area (Å²) in [5.74, 6) is 0.582. The third-order valence-corrected chi connectivity index (χ3v) is 8.09. The summed E-state index contributed by atoms with van der Waals surface area (Å²) in [6.07, 6.45) is 0. The van der Waals surface area contributed by atoms with Crippen LogP contribution in [-0.4, -0.2) is 49.7 Å². The molecule has 162 valence electrons. The molecular formula is C22H21ClN2O4S2. The van der Waals surface area contributed by atoms with Gasteiger partial charge in [-0.1, -0.05) is 35.9 Å². The molecular weight excluding hydrogens is 456 g/mol.